The molecule has 0 amide bonds. The summed E-state index contributed by atoms with van der Waals surface area (Å²) in [5, 5.41) is 10.6. The summed E-state index contributed by atoms with van der Waals surface area (Å²) in [6, 6.07) is 4.49. The second kappa shape index (κ2) is 5.46. The monoisotopic (exact) mass is 301 g/mol. The van der Waals surface area contributed by atoms with E-state index in [4.69, 9.17) is 9.47 Å². The van der Waals surface area contributed by atoms with E-state index in [1.165, 1.54) is 12.1 Å². The zero-order chi connectivity index (χ0) is 12.3. The second-order valence-corrected chi connectivity index (χ2v) is 4.77. The predicted octanol–water partition coefficient (Wildman–Crippen LogP) is 2.77. The van der Waals surface area contributed by atoms with E-state index in [0.717, 1.165) is 17.5 Å². The lowest BCUT2D eigenvalue weighted by atomic mass is 10.1. The second-order valence-electron chi connectivity index (χ2n) is 3.91. The number of nitro groups is 1. The average Bonchev–Trinajstić information content (AvgIpc) is 2.80. The van der Waals surface area contributed by atoms with Gasteiger partial charge in [-0.15, -0.1) is 0 Å². The van der Waals surface area contributed by atoms with Crippen LogP contribution in [0.3, 0.4) is 0 Å². The minimum absolute atomic E-state index is 0.0332. The minimum Gasteiger partial charge on any atom is -0.492 e. The van der Waals surface area contributed by atoms with E-state index >= 15 is 0 Å². The Morgan fingerprint density at radius 1 is 1.59 bits per heavy atom. The van der Waals surface area contributed by atoms with Gasteiger partial charge in [-0.3, -0.25) is 10.1 Å². The van der Waals surface area contributed by atoms with Crippen LogP contribution in [-0.2, 0) is 4.74 Å². The van der Waals surface area contributed by atoms with Crippen LogP contribution < -0.4 is 4.74 Å². The highest BCUT2D eigenvalue weighted by molar-refractivity contribution is 9.10. The maximum atomic E-state index is 10.6. The van der Waals surface area contributed by atoms with Gasteiger partial charge in [0.05, 0.1) is 28.7 Å². The van der Waals surface area contributed by atoms with Crippen molar-refractivity contribution < 1.29 is 14.4 Å². The highest BCUT2D eigenvalue weighted by atomic mass is 79.9. The molecular formula is C11H12BrNO4. The molecule has 1 aliphatic rings. The Hall–Kier alpha value is -1.14. The van der Waals surface area contributed by atoms with Gasteiger partial charge in [0.15, 0.2) is 0 Å². The molecule has 1 fully saturated rings. The number of hydrogen-bond donors (Lipinski definition) is 0. The normalized spacial score (nSPS) is 19.2. The van der Waals surface area contributed by atoms with Crippen molar-refractivity contribution in [2.45, 2.75) is 6.42 Å². The third kappa shape index (κ3) is 3.17. The van der Waals surface area contributed by atoms with Crippen LogP contribution in [0, 0.1) is 16.0 Å². The van der Waals surface area contributed by atoms with Crippen LogP contribution in [0.15, 0.2) is 22.7 Å². The predicted molar refractivity (Wildman–Crippen MR) is 65.2 cm³/mol. The smallest absolute Gasteiger partial charge is 0.273 e. The molecule has 0 spiro atoms. The van der Waals surface area contributed by atoms with Crippen LogP contribution in [0.25, 0.3) is 0 Å². The van der Waals surface area contributed by atoms with E-state index < -0.39 is 4.92 Å². The van der Waals surface area contributed by atoms with Gasteiger partial charge in [-0.05, 0) is 28.4 Å². The first-order valence-electron chi connectivity index (χ1n) is 5.31. The molecule has 5 nitrogen and oxygen atoms in total. The first-order chi connectivity index (χ1) is 8.16. The van der Waals surface area contributed by atoms with Gasteiger partial charge in [0.25, 0.3) is 5.69 Å². The quantitative estimate of drug-likeness (QED) is 0.634. The van der Waals surface area contributed by atoms with E-state index in [1.807, 2.05) is 0 Å². The summed E-state index contributed by atoms with van der Waals surface area (Å²) < 4.78 is 11.5. The van der Waals surface area contributed by atoms with Gasteiger partial charge in [-0.25, -0.2) is 0 Å². The summed E-state index contributed by atoms with van der Waals surface area (Å²) in [6.45, 7) is 2.00. The van der Waals surface area contributed by atoms with E-state index in [1.54, 1.807) is 6.07 Å². The Morgan fingerprint density at radius 2 is 2.41 bits per heavy atom. The lowest BCUT2D eigenvalue weighted by Gasteiger charge is -2.11. The van der Waals surface area contributed by atoms with Crippen molar-refractivity contribution in [3.63, 3.8) is 0 Å². The van der Waals surface area contributed by atoms with E-state index in [0.29, 0.717) is 24.9 Å². The summed E-state index contributed by atoms with van der Waals surface area (Å²) in [7, 11) is 0. The third-order valence-electron chi connectivity index (χ3n) is 2.62. The molecule has 0 radical (unpaired) electrons. The van der Waals surface area contributed by atoms with Crippen molar-refractivity contribution in [3.8, 4) is 5.75 Å². The van der Waals surface area contributed by atoms with Gasteiger partial charge in [0, 0.05) is 18.6 Å². The fraction of sp³-hybridized carbons (Fsp3) is 0.455. The standard InChI is InChI=1S/C11H12BrNO4/c12-10-2-1-9(13(14)15)5-11(10)17-7-8-3-4-16-6-8/h1-2,5,8H,3-4,6-7H2. The molecule has 1 saturated heterocycles. The highest BCUT2D eigenvalue weighted by Gasteiger charge is 2.17. The Kier molecular flexibility index (Phi) is 3.96. The van der Waals surface area contributed by atoms with Gasteiger partial charge >= 0.3 is 0 Å². The van der Waals surface area contributed by atoms with E-state index in [2.05, 4.69) is 15.9 Å². The number of halogens is 1. The molecule has 1 aliphatic heterocycles. The molecule has 0 bridgehead atoms. The molecule has 1 unspecified atom stereocenters. The number of ether oxygens (including phenoxy) is 2. The van der Waals surface area contributed by atoms with Gasteiger partial charge in [-0.1, -0.05) is 0 Å². The number of nitro benzene ring substituents is 1. The Labute approximate surface area is 107 Å². The fourth-order valence-corrected chi connectivity index (χ4v) is 2.00. The van der Waals surface area contributed by atoms with Crippen LogP contribution in [-0.4, -0.2) is 24.7 Å². The van der Waals surface area contributed by atoms with Crippen molar-refractivity contribution in [2.75, 3.05) is 19.8 Å². The van der Waals surface area contributed by atoms with Gasteiger partial charge in [0.1, 0.15) is 5.75 Å². The van der Waals surface area contributed by atoms with Crippen molar-refractivity contribution in [1.29, 1.82) is 0 Å². The molecule has 6 heteroatoms. The number of benzene rings is 1. The molecule has 1 heterocycles. The molecule has 0 N–H and O–H groups in total. The average molecular weight is 302 g/mol. The summed E-state index contributed by atoms with van der Waals surface area (Å²) in [5.41, 5.74) is 0.0332. The maximum Gasteiger partial charge on any atom is 0.273 e. The first-order valence-corrected chi connectivity index (χ1v) is 6.10. The third-order valence-corrected chi connectivity index (χ3v) is 3.28. The maximum absolute atomic E-state index is 10.6. The summed E-state index contributed by atoms with van der Waals surface area (Å²) in [5.74, 6) is 0.882. The molecule has 1 atom stereocenters. The molecule has 0 saturated carbocycles. The number of non-ortho nitro benzene ring substituents is 1. The number of hydrogen-bond acceptors (Lipinski definition) is 4. The van der Waals surface area contributed by atoms with Crippen LogP contribution in [0.5, 0.6) is 5.75 Å². The Morgan fingerprint density at radius 3 is 3.06 bits per heavy atom. The molecule has 0 aromatic heterocycles. The van der Waals surface area contributed by atoms with Gasteiger partial charge in [0.2, 0.25) is 0 Å². The van der Waals surface area contributed by atoms with Crippen LogP contribution >= 0.6 is 15.9 Å². The first kappa shape index (κ1) is 12.3. The molecule has 2 rings (SSSR count). The SMILES string of the molecule is O=[N+]([O-])c1ccc(Br)c(OCC2CCOC2)c1. The minimum atomic E-state index is -0.433. The fourth-order valence-electron chi connectivity index (χ4n) is 1.64. The molecule has 17 heavy (non-hydrogen) atoms. The van der Waals surface area contributed by atoms with Crippen molar-refractivity contribution in [3.05, 3.63) is 32.8 Å². The number of rotatable bonds is 4. The topological polar surface area (TPSA) is 61.6 Å². The largest absolute Gasteiger partial charge is 0.492 e. The summed E-state index contributed by atoms with van der Waals surface area (Å²) in [6.07, 6.45) is 0.979. The highest BCUT2D eigenvalue weighted by Crippen LogP contribution is 2.30. The van der Waals surface area contributed by atoms with Crippen molar-refractivity contribution in [2.24, 2.45) is 5.92 Å². The van der Waals surface area contributed by atoms with E-state index in [-0.39, 0.29) is 5.69 Å². The molecule has 92 valence electrons. The van der Waals surface area contributed by atoms with Crippen molar-refractivity contribution in [1.82, 2.24) is 0 Å². The van der Waals surface area contributed by atoms with E-state index in [9.17, 15) is 10.1 Å². The number of nitrogens with zero attached hydrogens (tertiary/aromatic N) is 1. The summed E-state index contributed by atoms with van der Waals surface area (Å²) >= 11 is 3.31. The van der Waals surface area contributed by atoms with Crippen molar-refractivity contribution >= 4 is 21.6 Å². The van der Waals surface area contributed by atoms with Gasteiger partial charge in [-0.2, -0.15) is 0 Å². The zero-order valence-electron chi connectivity index (χ0n) is 9.10. The molecule has 1 aromatic rings. The lowest BCUT2D eigenvalue weighted by Crippen LogP contribution is -2.11. The Bertz CT molecular complexity index is 418. The molecular weight excluding hydrogens is 290 g/mol. The van der Waals surface area contributed by atoms with Gasteiger partial charge < -0.3 is 9.47 Å². The zero-order valence-corrected chi connectivity index (χ0v) is 10.7. The lowest BCUT2D eigenvalue weighted by molar-refractivity contribution is -0.385. The summed E-state index contributed by atoms with van der Waals surface area (Å²) in [4.78, 5) is 10.2. The molecule has 0 aliphatic carbocycles. The Balaban J connectivity index is 2.03. The molecule has 1 aromatic carbocycles. The van der Waals surface area contributed by atoms with Crippen LogP contribution in [0.4, 0.5) is 5.69 Å². The van der Waals surface area contributed by atoms with Crippen LogP contribution in [0.1, 0.15) is 6.42 Å². The van der Waals surface area contributed by atoms with Crippen LogP contribution in [0.2, 0.25) is 0 Å².